The van der Waals surface area contributed by atoms with E-state index >= 15 is 0 Å². The number of hydrogen-bond donors (Lipinski definition) is 0. The Hall–Kier alpha value is -2.21. The fourth-order valence-corrected chi connectivity index (χ4v) is 2.79. The van der Waals surface area contributed by atoms with Gasteiger partial charge in [0.05, 0.1) is 25.8 Å². The van der Waals surface area contributed by atoms with E-state index in [2.05, 4.69) is 0 Å². The average Bonchev–Trinajstić information content (AvgIpc) is 2.88. The van der Waals surface area contributed by atoms with Gasteiger partial charge in [-0.1, -0.05) is 17.7 Å². The number of esters is 2. The first kappa shape index (κ1) is 18.1. The first-order chi connectivity index (χ1) is 11.5. The number of halogens is 1. The molecule has 1 aliphatic heterocycles. The van der Waals surface area contributed by atoms with Crippen LogP contribution >= 0.6 is 11.6 Å². The summed E-state index contributed by atoms with van der Waals surface area (Å²) in [5.41, 5.74) is 1.24. The summed E-state index contributed by atoms with van der Waals surface area (Å²) in [6, 6.07) is 5.13. The zero-order valence-electron chi connectivity index (χ0n) is 13.8. The number of hydrogen-bond acceptors (Lipinski definition) is 6. The second kappa shape index (κ2) is 8.06. The van der Waals surface area contributed by atoms with Crippen molar-refractivity contribution in [2.75, 3.05) is 20.8 Å². The van der Waals surface area contributed by atoms with Crippen molar-refractivity contribution in [2.24, 2.45) is 0 Å². The zero-order chi connectivity index (χ0) is 17.7. The summed E-state index contributed by atoms with van der Waals surface area (Å²) in [7, 11) is 2.92. The normalized spacial score (nSPS) is 16.8. The molecular formula is C17H19ClO6. The molecule has 1 unspecified atom stereocenters. The molecule has 0 amide bonds. The molecule has 1 heterocycles. The molecule has 7 heteroatoms. The minimum absolute atomic E-state index is 0.116. The van der Waals surface area contributed by atoms with Crippen molar-refractivity contribution in [2.45, 2.75) is 25.9 Å². The van der Waals surface area contributed by atoms with Crippen molar-refractivity contribution >= 4 is 29.1 Å². The summed E-state index contributed by atoms with van der Waals surface area (Å²) < 4.78 is 20.6. The van der Waals surface area contributed by atoms with Gasteiger partial charge >= 0.3 is 11.9 Å². The number of carbonyl (C=O) groups excluding carboxylic acids is 2. The lowest BCUT2D eigenvalue weighted by molar-refractivity contribution is -0.147. The highest BCUT2D eigenvalue weighted by molar-refractivity contribution is 6.32. The summed E-state index contributed by atoms with van der Waals surface area (Å²) in [4.78, 5) is 23.6. The smallest absolute Gasteiger partial charge is 0.374 e. The molecule has 1 aromatic carbocycles. The predicted octanol–water partition coefficient (Wildman–Crippen LogP) is 2.97. The molecule has 0 bridgehead atoms. The molecule has 24 heavy (non-hydrogen) atoms. The third kappa shape index (κ3) is 3.82. The fraction of sp³-hybridized carbons (Fsp3) is 0.412. The average molecular weight is 355 g/mol. The Balaban J connectivity index is 2.30. The maximum Gasteiger partial charge on any atom is 0.374 e. The molecule has 0 aliphatic carbocycles. The number of methoxy groups -OCH3 is 2. The largest absolute Gasteiger partial charge is 0.495 e. The van der Waals surface area contributed by atoms with Crippen LogP contribution < -0.4 is 4.74 Å². The molecule has 0 spiro atoms. The second-order valence-corrected chi connectivity index (χ2v) is 5.44. The van der Waals surface area contributed by atoms with E-state index in [0.29, 0.717) is 34.9 Å². The second-order valence-electron chi connectivity index (χ2n) is 5.03. The van der Waals surface area contributed by atoms with Crippen molar-refractivity contribution in [1.29, 1.82) is 0 Å². The number of rotatable bonds is 7. The van der Waals surface area contributed by atoms with E-state index in [9.17, 15) is 9.59 Å². The van der Waals surface area contributed by atoms with E-state index in [1.807, 2.05) is 0 Å². The molecule has 130 valence electrons. The third-order valence-electron chi connectivity index (χ3n) is 3.58. The number of ether oxygens (including phenoxy) is 4. The molecule has 2 rings (SSSR count). The van der Waals surface area contributed by atoms with Gasteiger partial charge in [-0.2, -0.15) is 0 Å². The van der Waals surface area contributed by atoms with E-state index < -0.39 is 12.1 Å². The summed E-state index contributed by atoms with van der Waals surface area (Å²) in [6.07, 6.45) is -0.159. The lowest BCUT2D eigenvalue weighted by Gasteiger charge is -2.14. The van der Waals surface area contributed by atoms with Crippen LogP contribution in [-0.2, 0) is 23.8 Å². The van der Waals surface area contributed by atoms with Crippen LogP contribution in [0.25, 0.3) is 5.57 Å². The third-order valence-corrected chi connectivity index (χ3v) is 3.88. The van der Waals surface area contributed by atoms with Gasteiger partial charge in [-0.3, -0.25) is 4.79 Å². The topological polar surface area (TPSA) is 71.1 Å². The van der Waals surface area contributed by atoms with Gasteiger partial charge in [-0.25, -0.2) is 4.79 Å². The maximum atomic E-state index is 12.0. The van der Waals surface area contributed by atoms with Crippen LogP contribution in [0.2, 0.25) is 5.02 Å². The van der Waals surface area contributed by atoms with Crippen molar-refractivity contribution in [3.05, 3.63) is 34.5 Å². The fourth-order valence-electron chi connectivity index (χ4n) is 2.53. The van der Waals surface area contributed by atoms with Crippen LogP contribution in [-0.4, -0.2) is 38.9 Å². The number of cyclic esters (lactones) is 1. The van der Waals surface area contributed by atoms with E-state index in [1.165, 1.54) is 14.2 Å². The lowest BCUT2D eigenvalue weighted by atomic mass is 9.97. The van der Waals surface area contributed by atoms with Gasteiger partial charge in [0.1, 0.15) is 11.9 Å². The van der Waals surface area contributed by atoms with E-state index in [4.69, 9.17) is 30.5 Å². The van der Waals surface area contributed by atoms with Gasteiger partial charge in [-0.15, -0.1) is 0 Å². The molecule has 1 aliphatic rings. The number of carbonyl (C=O) groups is 2. The Morgan fingerprint density at radius 2 is 2.04 bits per heavy atom. The summed E-state index contributed by atoms with van der Waals surface area (Å²) in [5.74, 6) is -0.266. The molecule has 1 aromatic rings. The van der Waals surface area contributed by atoms with Gasteiger partial charge in [0.25, 0.3) is 0 Å². The summed E-state index contributed by atoms with van der Waals surface area (Å²) in [6.45, 7) is 2.05. The van der Waals surface area contributed by atoms with Crippen LogP contribution in [0.3, 0.4) is 0 Å². The Morgan fingerprint density at radius 3 is 2.62 bits per heavy atom. The quantitative estimate of drug-likeness (QED) is 0.701. The van der Waals surface area contributed by atoms with Crippen LogP contribution in [0.5, 0.6) is 5.75 Å². The first-order valence-corrected chi connectivity index (χ1v) is 7.88. The first-order valence-electron chi connectivity index (χ1n) is 7.50. The van der Waals surface area contributed by atoms with Crippen LogP contribution in [0.15, 0.2) is 24.0 Å². The van der Waals surface area contributed by atoms with E-state index in [0.717, 1.165) is 0 Å². The molecule has 0 aromatic heterocycles. The maximum absolute atomic E-state index is 12.0. The molecule has 0 fully saturated rings. The molecule has 0 saturated heterocycles. The monoisotopic (exact) mass is 354 g/mol. The van der Waals surface area contributed by atoms with E-state index in [-0.39, 0.29) is 18.1 Å². The highest BCUT2D eigenvalue weighted by Gasteiger charge is 2.36. The van der Waals surface area contributed by atoms with Crippen molar-refractivity contribution in [1.82, 2.24) is 0 Å². The van der Waals surface area contributed by atoms with Gasteiger partial charge in [0.15, 0.2) is 0 Å². The summed E-state index contributed by atoms with van der Waals surface area (Å²) in [5, 5.41) is 0.404. The standard InChI is InChI=1S/C17H19ClO6/c1-4-23-14(19)8-7-13-15(16(22-3)17(20)24-13)10-5-6-12(21-2)11(18)9-10/h5-6,9,13H,4,7-8H2,1-3H3. The Labute approximate surface area is 145 Å². The van der Waals surface area contributed by atoms with Crippen LogP contribution in [0.1, 0.15) is 25.3 Å². The van der Waals surface area contributed by atoms with Gasteiger partial charge < -0.3 is 18.9 Å². The molecule has 1 atom stereocenters. The van der Waals surface area contributed by atoms with Crippen LogP contribution in [0.4, 0.5) is 0 Å². The molecule has 0 saturated carbocycles. The van der Waals surface area contributed by atoms with E-state index in [1.54, 1.807) is 25.1 Å². The lowest BCUT2D eigenvalue weighted by Crippen LogP contribution is -2.15. The van der Waals surface area contributed by atoms with Gasteiger partial charge in [-0.05, 0) is 31.0 Å². The predicted molar refractivity (Wildman–Crippen MR) is 87.7 cm³/mol. The molecule has 0 radical (unpaired) electrons. The van der Waals surface area contributed by atoms with Gasteiger partial charge in [0, 0.05) is 12.0 Å². The summed E-state index contributed by atoms with van der Waals surface area (Å²) >= 11 is 6.16. The number of benzene rings is 1. The minimum Gasteiger partial charge on any atom is -0.495 e. The highest BCUT2D eigenvalue weighted by atomic mass is 35.5. The SMILES string of the molecule is CCOC(=O)CCC1OC(=O)C(OC)=C1c1ccc(OC)c(Cl)c1. The van der Waals surface area contributed by atoms with Crippen LogP contribution in [0, 0.1) is 0 Å². The molecule has 0 N–H and O–H groups in total. The molecular weight excluding hydrogens is 336 g/mol. The Bertz CT molecular complexity index is 667. The van der Waals surface area contributed by atoms with Crippen molar-refractivity contribution in [3.8, 4) is 5.75 Å². The highest BCUT2D eigenvalue weighted by Crippen LogP contribution is 2.37. The van der Waals surface area contributed by atoms with Crippen molar-refractivity contribution < 1.29 is 28.5 Å². The minimum atomic E-state index is -0.596. The van der Waals surface area contributed by atoms with Gasteiger partial charge in [0.2, 0.25) is 5.76 Å². The zero-order valence-corrected chi connectivity index (χ0v) is 14.5. The Kier molecular flexibility index (Phi) is 6.09. The van der Waals surface area contributed by atoms with Crippen molar-refractivity contribution in [3.63, 3.8) is 0 Å². The molecule has 6 nitrogen and oxygen atoms in total. The Morgan fingerprint density at radius 1 is 1.29 bits per heavy atom.